The summed E-state index contributed by atoms with van der Waals surface area (Å²) in [5.41, 5.74) is 5.12. The molecule has 0 saturated carbocycles. The number of ether oxygens (including phenoxy) is 1. The molecule has 2 heteroatoms. The first kappa shape index (κ1) is 14.8. The maximum atomic E-state index is 12.6. The highest BCUT2D eigenvalue weighted by molar-refractivity contribution is 6.14. The molecule has 1 aliphatic rings. The Labute approximate surface area is 121 Å². The van der Waals surface area contributed by atoms with Crippen molar-refractivity contribution in [1.82, 2.24) is 0 Å². The van der Waals surface area contributed by atoms with Crippen LogP contribution in [-0.2, 0) is 0 Å². The lowest BCUT2D eigenvalue weighted by Crippen LogP contribution is -2.03. The van der Waals surface area contributed by atoms with Gasteiger partial charge < -0.3 is 4.74 Å². The van der Waals surface area contributed by atoms with E-state index in [0.717, 1.165) is 40.9 Å². The first-order chi connectivity index (χ1) is 9.47. The van der Waals surface area contributed by atoms with Gasteiger partial charge in [-0.05, 0) is 62.8 Å². The van der Waals surface area contributed by atoms with Crippen molar-refractivity contribution in [2.24, 2.45) is 0 Å². The highest BCUT2D eigenvalue weighted by Crippen LogP contribution is 2.39. The van der Waals surface area contributed by atoms with Gasteiger partial charge in [0.25, 0.3) is 0 Å². The molecule has 0 atom stereocenters. The molecule has 0 N–H and O–H groups in total. The topological polar surface area (TPSA) is 26.3 Å². The molecule has 0 amide bonds. The van der Waals surface area contributed by atoms with E-state index in [4.69, 9.17) is 4.74 Å². The lowest BCUT2D eigenvalue weighted by molar-refractivity contribution is 0.101. The second-order valence-corrected chi connectivity index (χ2v) is 5.84. The molecule has 1 aromatic rings. The third kappa shape index (κ3) is 2.52. The number of carbonyl (C=O) groups excluding carboxylic acids is 1. The van der Waals surface area contributed by atoms with Crippen molar-refractivity contribution >= 4 is 5.78 Å². The van der Waals surface area contributed by atoms with Gasteiger partial charge in [0.1, 0.15) is 5.75 Å². The van der Waals surface area contributed by atoms with Gasteiger partial charge in [0.05, 0.1) is 5.56 Å². The van der Waals surface area contributed by atoms with E-state index in [1.165, 1.54) is 18.4 Å². The van der Waals surface area contributed by atoms with E-state index in [1.807, 2.05) is 20.8 Å². The highest BCUT2D eigenvalue weighted by atomic mass is 16.5. The molecule has 20 heavy (non-hydrogen) atoms. The zero-order valence-electron chi connectivity index (χ0n) is 13.2. The van der Waals surface area contributed by atoms with Crippen molar-refractivity contribution < 1.29 is 9.53 Å². The number of carbonyl (C=O) groups is 1. The summed E-state index contributed by atoms with van der Waals surface area (Å²) in [5, 5.41) is 0. The van der Waals surface area contributed by atoms with E-state index in [0.29, 0.717) is 5.76 Å². The van der Waals surface area contributed by atoms with Gasteiger partial charge in [-0.1, -0.05) is 25.8 Å². The van der Waals surface area contributed by atoms with Crippen molar-refractivity contribution in [3.8, 4) is 5.75 Å². The van der Waals surface area contributed by atoms with Gasteiger partial charge in [-0.15, -0.1) is 0 Å². The van der Waals surface area contributed by atoms with Crippen molar-refractivity contribution in [2.75, 3.05) is 0 Å². The number of benzene rings is 1. The largest absolute Gasteiger partial charge is 0.452 e. The fourth-order valence-corrected chi connectivity index (χ4v) is 2.76. The summed E-state index contributed by atoms with van der Waals surface area (Å²) in [6.07, 6.45) is 4.45. The molecule has 0 fully saturated rings. The van der Waals surface area contributed by atoms with Crippen LogP contribution in [0.3, 0.4) is 0 Å². The third-order valence-corrected chi connectivity index (χ3v) is 4.17. The molecule has 1 heterocycles. The molecule has 0 aromatic heterocycles. The minimum atomic E-state index is 0.0644. The van der Waals surface area contributed by atoms with E-state index >= 15 is 0 Å². The predicted molar refractivity (Wildman–Crippen MR) is 82.5 cm³/mol. The number of hydrogen-bond acceptors (Lipinski definition) is 2. The van der Waals surface area contributed by atoms with Crippen LogP contribution in [0.1, 0.15) is 66.6 Å². The molecular weight excluding hydrogens is 248 g/mol. The first-order valence-electron chi connectivity index (χ1n) is 7.50. The quantitative estimate of drug-likeness (QED) is 0.567. The summed E-state index contributed by atoms with van der Waals surface area (Å²) in [6, 6.07) is 2.07. The van der Waals surface area contributed by atoms with E-state index < -0.39 is 0 Å². The van der Waals surface area contributed by atoms with Crippen molar-refractivity contribution in [3.05, 3.63) is 39.7 Å². The van der Waals surface area contributed by atoms with E-state index in [1.54, 1.807) is 0 Å². The van der Waals surface area contributed by atoms with Crippen molar-refractivity contribution in [1.29, 1.82) is 0 Å². The molecule has 2 rings (SSSR count). The van der Waals surface area contributed by atoms with Crippen LogP contribution < -0.4 is 4.74 Å². The Balaban J connectivity index is 2.36. The van der Waals surface area contributed by atoms with E-state index in [9.17, 15) is 4.79 Å². The highest BCUT2D eigenvalue weighted by Gasteiger charge is 2.32. The Hall–Kier alpha value is -1.57. The van der Waals surface area contributed by atoms with Crippen LogP contribution in [0, 0.1) is 20.8 Å². The summed E-state index contributed by atoms with van der Waals surface area (Å²) in [4.78, 5) is 12.6. The monoisotopic (exact) mass is 272 g/mol. The second kappa shape index (κ2) is 5.82. The molecule has 0 unspecified atom stereocenters. The van der Waals surface area contributed by atoms with Crippen LogP contribution in [0.15, 0.2) is 17.4 Å². The van der Waals surface area contributed by atoms with Crippen LogP contribution in [-0.4, -0.2) is 5.78 Å². The maximum Gasteiger partial charge on any atom is 0.232 e. The van der Waals surface area contributed by atoms with Crippen LogP contribution >= 0.6 is 0 Å². The van der Waals surface area contributed by atoms with Gasteiger partial charge in [-0.3, -0.25) is 4.79 Å². The number of unbranched alkanes of at least 4 members (excludes halogenated alkanes) is 2. The second-order valence-electron chi connectivity index (χ2n) is 5.84. The smallest absolute Gasteiger partial charge is 0.232 e. The molecule has 108 valence electrons. The average molecular weight is 272 g/mol. The first-order valence-corrected chi connectivity index (χ1v) is 7.50. The molecule has 1 aromatic carbocycles. The van der Waals surface area contributed by atoms with Gasteiger partial charge in [-0.25, -0.2) is 0 Å². The molecule has 2 nitrogen and oxygen atoms in total. The lowest BCUT2D eigenvalue weighted by Gasteiger charge is -2.08. The molecule has 0 spiro atoms. The summed E-state index contributed by atoms with van der Waals surface area (Å²) in [5.74, 6) is 1.40. The van der Waals surface area contributed by atoms with Crippen LogP contribution in [0.25, 0.3) is 0 Å². The predicted octanol–water partition coefficient (Wildman–Crippen LogP) is 5.04. The number of allylic oxidation sites excluding steroid dienone is 2. The Morgan fingerprint density at radius 3 is 2.50 bits per heavy atom. The summed E-state index contributed by atoms with van der Waals surface area (Å²) in [6.45, 7) is 10.3. The number of fused-ring (bicyclic) bond motifs is 1. The Kier molecular flexibility index (Phi) is 4.32. The van der Waals surface area contributed by atoms with Crippen LogP contribution in [0.4, 0.5) is 0 Å². The summed E-state index contributed by atoms with van der Waals surface area (Å²) in [7, 11) is 0. The fourth-order valence-electron chi connectivity index (χ4n) is 2.76. The van der Waals surface area contributed by atoms with Crippen molar-refractivity contribution in [3.63, 3.8) is 0 Å². The normalized spacial score (nSPS) is 16.1. The fraction of sp³-hybridized carbons (Fsp3) is 0.500. The standard InChI is InChI=1S/C18H24O2/c1-6-7-8-9-11(2)17-16(19)15-13(4)10-12(3)14(5)18(15)20-17/h10H,6-9H2,1-5H3/b17-11+. The van der Waals surface area contributed by atoms with Gasteiger partial charge in [0.15, 0.2) is 5.76 Å². The Morgan fingerprint density at radius 2 is 1.85 bits per heavy atom. The SMILES string of the molecule is CCCCC/C(C)=C1/Oc2c(C)c(C)cc(C)c2C1=O. The number of Topliss-reactive ketones (excluding diaryl/α,β-unsaturated/α-hetero) is 1. The maximum absolute atomic E-state index is 12.6. The number of aryl methyl sites for hydroxylation is 2. The van der Waals surface area contributed by atoms with Gasteiger partial charge in [0.2, 0.25) is 5.78 Å². The Morgan fingerprint density at radius 1 is 1.15 bits per heavy atom. The van der Waals surface area contributed by atoms with E-state index in [2.05, 4.69) is 19.9 Å². The molecular formula is C18H24O2. The Bertz CT molecular complexity index is 580. The number of hydrogen-bond donors (Lipinski definition) is 0. The third-order valence-electron chi connectivity index (χ3n) is 4.17. The van der Waals surface area contributed by atoms with E-state index in [-0.39, 0.29) is 5.78 Å². The molecule has 0 saturated heterocycles. The molecule has 1 aliphatic heterocycles. The lowest BCUT2D eigenvalue weighted by atomic mass is 9.96. The van der Waals surface area contributed by atoms with Crippen LogP contribution in [0.5, 0.6) is 5.75 Å². The molecule has 0 radical (unpaired) electrons. The number of ketones is 1. The minimum Gasteiger partial charge on any atom is -0.452 e. The number of rotatable bonds is 4. The van der Waals surface area contributed by atoms with Gasteiger partial charge in [0, 0.05) is 0 Å². The minimum absolute atomic E-state index is 0.0644. The zero-order chi connectivity index (χ0) is 14.9. The van der Waals surface area contributed by atoms with Gasteiger partial charge >= 0.3 is 0 Å². The van der Waals surface area contributed by atoms with Crippen LogP contribution in [0.2, 0.25) is 0 Å². The van der Waals surface area contributed by atoms with Crippen molar-refractivity contribution in [2.45, 2.75) is 60.3 Å². The summed E-state index contributed by atoms with van der Waals surface area (Å²) < 4.78 is 5.93. The molecule has 0 bridgehead atoms. The zero-order valence-corrected chi connectivity index (χ0v) is 13.2. The average Bonchev–Trinajstić information content (AvgIpc) is 2.75. The van der Waals surface area contributed by atoms with Gasteiger partial charge in [-0.2, -0.15) is 0 Å². The summed E-state index contributed by atoms with van der Waals surface area (Å²) >= 11 is 0. The molecule has 0 aliphatic carbocycles.